The first-order valence-electron chi connectivity index (χ1n) is 10.2. The number of nitrogens with zero attached hydrogens (tertiary/aromatic N) is 2. The summed E-state index contributed by atoms with van der Waals surface area (Å²) in [5.74, 6) is -0.0688. The SMILES string of the molecule is Cc1ccc(CN(C(=O)Nc2ccccc2C(=O)N2CCOCC2)C2CC2)cc1. The third kappa shape index (κ3) is 4.77. The topological polar surface area (TPSA) is 61.9 Å². The quantitative estimate of drug-likeness (QED) is 0.843. The Bertz CT molecular complexity index is 871. The number of hydrogen-bond donors (Lipinski definition) is 1. The number of amides is 3. The van der Waals surface area contributed by atoms with E-state index in [1.54, 1.807) is 17.0 Å². The van der Waals surface area contributed by atoms with Crippen molar-refractivity contribution in [1.82, 2.24) is 9.80 Å². The molecular formula is C23H27N3O3. The molecule has 0 radical (unpaired) electrons. The first-order valence-corrected chi connectivity index (χ1v) is 10.2. The molecule has 2 aromatic rings. The van der Waals surface area contributed by atoms with E-state index in [0.717, 1.165) is 18.4 Å². The summed E-state index contributed by atoms with van der Waals surface area (Å²) < 4.78 is 5.34. The molecule has 1 saturated heterocycles. The Morgan fingerprint density at radius 3 is 2.45 bits per heavy atom. The van der Waals surface area contributed by atoms with Crippen LogP contribution in [-0.2, 0) is 11.3 Å². The van der Waals surface area contributed by atoms with Crippen LogP contribution in [0.2, 0.25) is 0 Å². The van der Waals surface area contributed by atoms with E-state index in [0.29, 0.717) is 44.1 Å². The zero-order valence-corrected chi connectivity index (χ0v) is 16.8. The van der Waals surface area contributed by atoms with Crippen molar-refractivity contribution in [2.75, 3.05) is 31.6 Å². The van der Waals surface area contributed by atoms with Gasteiger partial charge in [0.15, 0.2) is 0 Å². The number of benzene rings is 2. The second-order valence-corrected chi connectivity index (χ2v) is 7.72. The van der Waals surface area contributed by atoms with Crippen LogP contribution in [0.5, 0.6) is 0 Å². The Hall–Kier alpha value is -2.86. The Kier molecular flexibility index (Phi) is 5.81. The maximum atomic E-state index is 13.1. The molecule has 0 aromatic heterocycles. The molecule has 4 rings (SSSR count). The number of anilines is 1. The van der Waals surface area contributed by atoms with Gasteiger partial charge >= 0.3 is 6.03 Å². The first kappa shape index (κ1) is 19.5. The van der Waals surface area contributed by atoms with Crippen LogP contribution in [0.25, 0.3) is 0 Å². The van der Waals surface area contributed by atoms with E-state index >= 15 is 0 Å². The highest BCUT2D eigenvalue weighted by molar-refractivity contribution is 6.03. The number of hydrogen-bond acceptors (Lipinski definition) is 3. The van der Waals surface area contributed by atoms with Crippen LogP contribution in [0.1, 0.15) is 34.3 Å². The second kappa shape index (κ2) is 8.66. The van der Waals surface area contributed by atoms with Gasteiger partial charge in [-0.25, -0.2) is 4.79 Å². The molecule has 2 aromatic carbocycles. The zero-order chi connectivity index (χ0) is 20.2. The Morgan fingerprint density at radius 2 is 1.76 bits per heavy atom. The molecule has 1 aliphatic heterocycles. The highest BCUT2D eigenvalue weighted by Crippen LogP contribution is 2.29. The highest BCUT2D eigenvalue weighted by atomic mass is 16.5. The minimum absolute atomic E-state index is 0.0688. The summed E-state index contributed by atoms with van der Waals surface area (Å²) in [7, 11) is 0. The second-order valence-electron chi connectivity index (χ2n) is 7.72. The predicted molar refractivity (Wildman–Crippen MR) is 112 cm³/mol. The van der Waals surface area contributed by atoms with Gasteiger partial charge in [-0.2, -0.15) is 0 Å². The maximum Gasteiger partial charge on any atom is 0.322 e. The minimum atomic E-state index is -0.157. The number of carbonyl (C=O) groups excluding carboxylic acids is 2. The number of urea groups is 1. The lowest BCUT2D eigenvalue weighted by atomic mass is 10.1. The standard InChI is InChI=1S/C23H27N3O3/c1-17-6-8-18(9-7-17)16-26(19-10-11-19)23(28)24-21-5-3-2-4-20(21)22(27)25-12-14-29-15-13-25/h2-9,19H,10-16H2,1H3,(H,24,28). The van der Waals surface area contributed by atoms with Crippen LogP contribution < -0.4 is 5.32 Å². The summed E-state index contributed by atoms with van der Waals surface area (Å²) in [5, 5.41) is 2.99. The van der Waals surface area contributed by atoms with E-state index < -0.39 is 0 Å². The summed E-state index contributed by atoms with van der Waals surface area (Å²) in [6, 6.07) is 15.6. The summed E-state index contributed by atoms with van der Waals surface area (Å²) in [6.45, 7) is 4.86. The lowest BCUT2D eigenvalue weighted by molar-refractivity contribution is 0.0303. The van der Waals surface area contributed by atoms with Crippen molar-refractivity contribution < 1.29 is 14.3 Å². The minimum Gasteiger partial charge on any atom is -0.378 e. The lowest BCUT2D eigenvalue weighted by Crippen LogP contribution is -2.41. The van der Waals surface area contributed by atoms with Crippen molar-refractivity contribution in [3.8, 4) is 0 Å². The summed E-state index contributed by atoms with van der Waals surface area (Å²) in [6.07, 6.45) is 2.04. The molecule has 6 nitrogen and oxygen atoms in total. The van der Waals surface area contributed by atoms with E-state index in [9.17, 15) is 9.59 Å². The molecule has 0 unspecified atom stereocenters. The molecule has 0 bridgehead atoms. The number of aryl methyl sites for hydroxylation is 1. The van der Waals surface area contributed by atoms with Gasteiger partial charge in [-0.1, -0.05) is 42.0 Å². The molecule has 1 saturated carbocycles. The number of carbonyl (C=O) groups is 2. The third-order valence-electron chi connectivity index (χ3n) is 5.42. The van der Waals surface area contributed by atoms with Crippen molar-refractivity contribution >= 4 is 17.6 Å². The summed E-state index contributed by atoms with van der Waals surface area (Å²) in [4.78, 5) is 29.7. The Morgan fingerprint density at radius 1 is 1.07 bits per heavy atom. The molecule has 1 heterocycles. The fourth-order valence-electron chi connectivity index (χ4n) is 3.55. The molecule has 0 atom stereocenters. The average Bonchev–Trinajstić information content (AvgIpc) is 3.59. The Labute approximate surface area is 171 Å². The molecule has 1 N–H and O–H groups in total. The molecule has 0 spiro atoms. The van der Waals surface area contributed by atoms with Crippen molar-refractivity contribution in [3.63, 3.8) is 0 Å². The van der Waals surface area contributed by atoms with Crippen LogP contribution >= 0.6 is 0 Å². The van der Waals surface area contributed by atoms with Crippen LogP contribution in [-0.4, -0.2) is 54.1 Å². The first-order chi connectivity index (χ1) is 14.1. The van der Waals surface area contributed by atoms with E-state index in [1.807, 2.05) is 17.0 Å². The van der Waals surface area contributed by atoms with Crippen molar-refractivity contribution in [3.05, 3.63) is 65.2 Å². The molecular weight excluding hydrogens is 366 g/mol. The average molecular weight is 393 g/mol. The normalized spacial score (nSPS) is 16.4. The maximum absolute atomic E-state index is 13.1. The largest absolute Gasteiger partial charge is 0.378 e. The monoisotopic (exact) mass is 393 g/mol. The van der Waals surface area contributed by atoms with Crippen molar-refractivity contribution in [2.24, 2.45) is 0 Å². The van der Waals surface area contributed by atoms with Crippen LogP contribution in [0.15, 0.2) is 48.5 Å². The molecule has 2 aliphatic rings. The van der Waals surface area contributed by atoms with Crippen LogP contribution in [0, 0.1) is 6.92 Å². The zero-order valence-electron chi connectivity index (χ0n) is 16.8. The van der Waals surface area contributed by atoms with Gasteiger partial charge in [0.25, 0.3) is 5.91 Å². The fourth-order valence-corrected chi connectivity index (χ4v) is 3.55. The van der Waals surface area contributed by atoms with E-state index in [2.05, 4.69) is 36.5 Å². The molecule has 29 heavy (non-hydrogen) atoms. The van der Waals surface area contributed by atoms with Gasteiger partial charge in [0.2, 0.25) is 0 Å². The van der Waals surface area contributed by atoms with Gasteiger partial charge in [-0.05, 0) is 37.5 Å². The highest BCUT2D eigenvalue weighted by Gasteiger charge is 2.33. The Balaban J connectivity index is 1.49. The summed E-state index contributed by atoms with van der Waals surface area (Å²) in [5.41, 5.74) is 3.39. The molecule has 1 aliphatic carbocycles. The molecule has 2 fully saturated rings. The van der Waals surface area contributed by atoms with Gasteiger partial charge in [0, 0.05) is 25.7 Å². The van der Waals surface area contributed by atoms with Gasteiger partial charge in [-0.3, -0.25) is 4.79 Å². The number of ether oxygens (including phenoxy) is 1. The lowest BCUT2D eigenvalue weighted by Gasteiger charge is -2.28. The smallest absolute Gasteiger partial charge is 0.322 e. The predicted octanol–water partition coefficient (Wildman–Crippen LogP) is 3.66. The molecule has 152 valence electrons. The van der Waals surface area contributed by atoms with Crippen molar-refractivity contribution in [2.45, 2.75) is 32.4 Å². The van der Waals surface area contributed by atoms with Crippen LogP contribution in [0.4, 0.5) is 10.5 Å². The number of para-hydroxylation sites is 1. The molecule has 6 heteroatoms. The molecule has 3 amide bonds. The van der Waals surface area contributed by atoms with Gasteiger partial charge < -0.3 is 19.9 Å². The van der Waals surface area contributed by atoms with Gasteiger partial charge in [0.05, 0.1) is 24.5 Å². The van der Waals surface area contributed by atoms with Crippen LogP contribution in [0.3, 0.4) is 0 Å². The third-order valence-corrected chi connectivity index (χ3v) is 5.42. The number of rotatable bonds is 5. The van der Waals surface area contributed by atoms with E-state index in [4.69, 9.17) is 4.74 Å². The number of nitrogens with one attached hydrogen (secondary N) is 1. The van der Waals surface area contributed by atoms with E-state index in [1.165, 1.54) is 5.56 Å². The van der Waals surface area contributed by atoms with Crippen molar-refractivity contribution in [1.29, 1.82) is 0 Å². The summed E-state index contributed by atoms with van der Waals surface area (Å²) >= 11 is 0. The van der Waals surface area contributed by atoms with E-state index in [-0.39, 0.29) is 18.0 Å². The number of morpholine rings is 1. The van der Waals surface area contributed by atoms with Gasteiger partial charge in [0.1, 0.15) is 0 Å². The fraction of sp³-hybridized carbons (Fsp3) is 0.391. The van der Waals surface area contributed by atoms with Gasteiger partial charge in [-0.15, -0.1) is 0 Å².